The number of aromatic nitrogens is 6. The molecule has 36 heavy (non-hydrogen) atoms. The van der Waals surface area contributed by atoms with Gasteiger partial charge in [0.1, 0.15) is 12.4 Å². The lowest BCUT2D eigenvalue weighted by atomic mass is 9.88. The molecule has 0 atom stereocenters. The zero-order chi connectivity index (χ0) is 24.3. The molecule has 0 spiro atoms. The number of fused-ring (bicyclic) bond motifs is 1. The molecule has 1 amide bonds. The maximum absolute atomic E-state index is 14.1. The monoisotopic (exact) mass is 483 g/mol. The normalized spacial score (nSPS) is 17.4. The molecule has 2 aromatic carbocycles. The van der Waals surface area contributed by atoms with Crippen molar-refractivity contribution in [2.75, 3.05) is 0 Å². The third-order valence-electron chi connectivity index (χ3n) is 7.90. The summed E-state index contributed by atoms with van der Waals surface area (Å²) in [7, 11) is 0. The van der Waals surface area contributed by atoms with Crippen molar-refractivity contribution in [2.24, 2.45) is 0 Å². The van der Waals surface area contributed by atoms with Crippen LogP contribution in [0.2, 0.25) is 0 Å². The molecule has 0 saturated heterocycles. The van der Waals surface area contributed by atoms with Gasteiger partial charge in [-0.25, -0.2) is 4.98 Å². The number of benzene rings is 2. The predicted molar refractivity (Wildman–Crippen MR) is 139 cm³/mol. The number of nitrogens with one attached hydrogen (secondary N) is 1. The molecule has 2 heterocycles. The van der Waals surface area contributed by atoms with Crippen molar-refractivity contribution in [3.05, 3.63) is 48.5 Å². The molecule has 186 valence electrons. The van der Waals surface area contributed by atoms with Gasteiger partial charge in [-0.05, 0) is 49.1 Å². The first-order valence-electron chi connectivity index (χ1n) is 13.4. The summed E-state index contributed by atoms with van der Waals surface area (Å²) in [4.78, 5) is 21.4. The fourth-order valence-corrected chi connectivity index (χ4v) is 6.18. The van der Waals surface area contributed by atoms with Crippen molar-refractivity contribution < 1.29 is 4.79 Å². The van der Waals surface area contributed by atoms with Crippen molar-refractivity contribution in [3.8, 4) is 22.8 Å². The lowest BCUT2D eigenvalue weighted by Gasteiger charge is -2.42. The van der Waals surface area contributed by atoms with Gasteiger partial charge in [-0.15, -0.1) is 10.2 Å². The van der Waals surface area contributed by atoms with Gasteiger partial charge in [0.05, 0.1) is 11.0 Å². The van der Waals surface area contributed by atoms with Crippen LogP contribution in [-0.4, -0.2) is 53.1 Å². The highest BCUT2D eigenvalue weighted by Gasteiger charge is 2.33. The Morgan fingerprint density at radius 3 is 2.28 bits per heavy atom. The number of hydrogen-bond acceptors (Lipinski definition) is 5. The number of rotatable bonds is 6. The van der Waals surface area contributed by atoms with Gasteiger partial charge in [0.25, 0.3) is 0 Å². The third-order valence-corrected chi connectivity index (χ3v) is 7.90. The number of tetrazole rings is 1. The van der Waals surface area contributed by atoms with Gasteiger partial charge in [-0.1, -0.05) is 68.9 Å². The highest BCUT2D eigenvalue weighted by atomic mass is 16.2. The van der Waals surface area contributed by atoms with E-state index in [1.807, 2.05) is 42.5 Å². The van der Waals surface area contributed by atoms with E-state index in [0.29, 0.717) is 24.5 Å². The largest absolute Gasteiger partial charge is 0.335 e. The van der Waals surface area contributed by atoms with E-state index < -0.39 is 0 Å². The Balaban J connectivity index is 1.38. The van der Waals surface area contributed by atoms with E-state index in [-0.39, 0.29) is 5.91 Å². The van der Waals surface area contributed by atoms with Crippen LogP contribution >= 0.6 is 0 Å². The maximum Gasteiger partial charge on any atom is 0.243 e. The number of nitrogens with zero attached hydrogens (tertiary/aromatic N) is 6. The molecule has 0 aliphatic heterocycles. The van der Waals surface area contributed by atoms with Crippen molar-refractivity contribution in [2.45, 2.75) is 82.8 Å². The van der Waals surface area contributed by atoms with Gasteiger partial charge >= 0.3 is 0 Å². The van der Waals surface area contributed by atoms with Gasteiger partial charge in [0.2, 0.25) is 11.7 Å². The molecule has 6 rings (SSSR count). The highest BCUT2D eigenvalue weighted by Crippen LogP contribution is 2.32. The molecule has 8 nitrogen and oxygen atoms in total. The lowest BCUT2D eigenvalue weighted by Crippen LogP contribution is -2.50. The quantitative estimate of drug-likeness (QED) is 0.398. The van der Waals surface area contributed by atoms with Crippen LogP contribution in [0.5, 0.6) is 0 Å². The smallest absolute Gasteiger partial charge is 0.243 e. The Labute approximate surface area is 211 Å². The molecular formula is C28H33N7O. The molecule has 8 heteroatoms. The Morgan fingerprint density at radius 2 is 1.58 bits per heavy atom. The lowest BCUT2D eigenvalue weighted by molar-refractivity contribution is -0.138. The van der Waals surface area contributed by atoms with E-state index in [4.69, 9.17) is 4.98 Å². The summed E-state index contributed by atoms with van der Waals surface area (Å²) in [6, 6.07) is 16.8. The van der Waals surface area contributed by atoms with E-state index in [9.17, 15) is 4.79 Å². The number of H-pyrrole nitrogens is 1. The van der Waals surface area contributed by atoms with Crippen LogP contribution in [0.15, 0.2) is 48.5 Å². The van der Waals surface area contributed by atoms with Gasteiger partial charge in [-0.3, -0.25) is 4.79 Å². The third kappa shape index (κ3) is 4.52. The topological polar surface area (TPSA) is 92.6 Å². The first-order chi connectivity index (χ1) is 17.8. The maximum atomic E-state index is 14.1. The van der Waals surface area contributed by atoms with Crippen LogP contribution in [0.1, 0.15) is 64.2 Å². The zero-order valence-electron chi connectivity index (χ0n) is 20.6. The van der Waals surface area contributed by atoms with E-state index in [0.717, 1.165) is 53.7 Å². The Bertz CT molecular complexity index is 1300. The minimum atomic E-state index is 0.229. The van der Waals surface area contributed by atoms with E-state index in [2.05, 4.69) is 36.2 Å². The molecule has 2 aliphatic carbocycles. The molecule has 0 radical (unpaired) electrons. The van der Waals surface area contributed by atoms with Crippen LogP contribution in [0.4, 0.5) is 0 Å². The number of amides is 1. The summed E-state index contributed by atoms with van der Waals surface area (Å²) in [6.07, 6.45) is 12.0. The fraction of sp³-hybridized carbons (Fsp3) is 0.464. The van der Waals surface area contributed by atoms with Crippen LogP contribution in [0.3, 0.4) is 0 Å². The van der Waals surface area contributed by atoms with Crippen molar-refractivity contribution in [3.63, 3.8) is 0 Å². The molecule has 2 aromatic heterocycles. The fourth-order valence-electron chi connectivity index (χ4n) is 6.18. The zero-order valence-corrected chi connectivity index (χ0v) is 20.6. The number of carbonyl (C=O) groups is 1. The molecule has 2 fully saturated rings. The van der Waals surface area contributed by atoms with Gasteiger partial charge < -0.3 is 9.47 Å². The summed E-state index contributed by atoms with van der Waals surface area (Å²) in [5.41, 5.74) is 3.67. The molecule has 1 N–H and O–H groups in total. The Morgan fingerprint density at radius 1 is 0.889 bits per heavy atom. The summed E-state index contributed by atoms with van der Waals surface area (Å²) < 4.78 is 2.10. The number of carbonyl (C=O) groups excluding carboxylic acids is 1. The van der Waals surface area contributed by atoms with Gasteiger partial charge in [-0.2, -0.15) is 5.21 Å². The van der Waals surface area contributed by atoms with E-state index >= 15 is 0 Å². The van der Waals surface area contributed by atoms with Crippen LogP contribution in [0.25, 0.3) is 33.8 Å². The minimum Gasteiger partial charge on any atom is -0.335 e. The van der Waals surface area contributed by atoms with Crippen molar-refractivity contribution in [1.29, 1.82) is 0 Å². The standard InChI is InChI=1S/C28H33N7O/c36-26(35(22-12-3-1-4-13-22)23-14-5-2-6-15-23)19-34-25-17-8-7-16-24(25)29-28(34)21-11-9-10-20(18-21)27-30-32-33-31-27/h7-11,16-18,22-23H,1-6,12-15,19H2,(H,30,31,32,33). The van der Waals surface area contributed by atoms with Gasteiger partial charge in [0, 0.05) is 23.2 Å². The minimum absolute atomic E-state index is 0.229. The van der Waals surface area contributed by atoms with Crippen molar-refractivity contribution >= 4 is 16.9 Å². The highest BCUT2D eigenvalue weighted by molar-refractivity contribution is 5.85. The second kappa shape index (κ2) is 10.2. The van der Waals surface area contributed by atoms with Crippen LogP contribution < -0.4 is 0 Å². The second-order valence-electron chi connectivity index (χ2n) is 10.2. The molecule has 2 saturated carbocycles. The van der Waals surface area contributed by atoms with Crippen LogP contribution in [-0.2, 0) is 11.3 Å². The van der Waals surface area contributed by atoms with Crippen molar-refractivity contribution in [1.82, 2.24) is 35.1 Å². The predicted octanol–water partition coefficient (Wildman–Crippen LogP) is 5.38. The molecular weight excluding hydrogens is 450 g/mol. The average molecular weight is 484 g/mol. The SMILES string of the molecule is O=C(Cn1c(-c2cccc(-c3nn[nH]n3)c2)nc2ccccc21)N(C1CCCCC1)C1CCCCC1. The summed E-state index contributed by atoms with van der Waals surface area (Å²) in [5, 5.41) is 14.5. The summed E-state index contributed by atoms with van der Waals surface area (Å²) in [5.74, 6) is 1.56. The number of hydrogen-bond donors (Lipinski definition) is 1. The molecule has 0 bridgehead atoms. The number of aromatic amines is 1. The Kier molecular flexibility index (Phi) is 6.49. The number of para-hydroxylation sites is 2. The summed E-state index contributed by atoms with van der Waals surface area (Å²) >= 11 is 0. The first-order valence-corrected chi connectivity index (χ1v) is 13.4. The molecule has 0 unspecified atom stereocenters. The average Bonchev–Trinajstić information content (AvgIpc) is 3.59. The molecule has 4 aromatic rings. The van der Waals surface area contributed by atoms with Crippen LogP contribution in [0, 0.1) is 0 Å². The number of imidazole rings is 1. The first kappa shape index (κ1) is 22.9. The second-order valence-corrected chi connectivity index (χ2v) is 10.2. The molecule has 2 aliphatic rings. The summed E-state index contributed by atoms with van der Waals surface area (Å²) in [6.45, 7) is 0.301. The Hall–Kier alpha value is -3.55. The van der Waals surface area contributed by atoms with E-state index in [1.54, 1.807) is 0 Å². The van der Waals surface area contributed by atoms with Gasteiger partial charge in [0.15, 0.2) is 0 Å². The van der Waals surface area contributed by atoms with E-state index in [1.165, 1.54) is 38.5 Å².